The molecule has 1 heterocycles. The van der Waals surface area contributed by atoms with Gasteiger partial charge in [0.25, 0.3) is 0 Å². The van der Waals surface area contributed by atoms with Crippen LogP contribution in [-0.4, -0.2) is 18.6 Å². The van der Waals surface area contributed by atoms with Crippen LogP contribution in [-0.2, 0) is 0 Å². The van der Waals surface area contributed by atoms with Crippen LogP contribution in [0.15, 0.2) is 48.7 Å². The molecule has 0 aliphatic carbocycles. The van der Waals surface area contributed by atoms with Crippen LogP contribution in [0.4, 0.5) is 0 Å². The Morgan fingerprint density at radius 1 is 1.00 bits per heavy atom. The first kappa shape index (κ1) is 15.4. The van der Waals surface area contributed by atoms with Gasteiger partial charge in [-0.2, -0.15) is 0 Å². The van der Waals surface area contributed by atoms with E-state index in [9.17, 15) is 0 Å². The molecule has 0 bridgehead atoms. The molecule has 114 valence electrons. The third-order valence-corrected chi connectivity index (χ3v) is 4.75. The summed E-state index contributed by atoms with van der Waals surface area (Å²) in [6, 6.07) is 14.6. The summed E-state index contributed by atoms with van der Waals surface area (Å²) in [6.45, 7) is 0.941. The molecule has 22 heavy (non-hydrogen) atoms. The Labute approximate surface area is 140 Å². The molecule has 3 aromatic rings. The average Bonchev–Trinajstić information content (AvgIpc) is 2.99. The van der Waals surface area contributed by atoms with Gasteiger partial charge in [0.1, 0.15) is 0 Å². The largest absolute Gasteiger partial charge is 0.361 e. The molecule has 3 rings (SSSR count). The second kappa shape index (κ2) is 6.74. The summed E-state index contributed by atoms with van der Waals surface area (Å²) in [5, 5.41) is 5.66. The molecule has 2 aromatic carbocycles. The molecule has 0 fully saturated rings. The Kier molecular flexibility index (Phi) is 4.72. The third-order valence-electron chi connectivity index (χ3n) is 4.01. The maximum absolute atomic E-state index is 6.20. The molecular weight excluding hydrogens is 315 g/mol. The van der Waals surface area contributed by atoms with Crippen LogP contribution in [0.3, 0.4) is 0 Å². The van der Waals surface area contributed by atoms with Crippen LogP contribution in [0.1, 0.15) is 23.5 Å². The van der Waals surface area contributed by atoms with Gasteiger partial charge in [0, 0.05) is 17.6 Å². The summed E-state index contributed by atoms with van der Waals surface area (Å²) in [6.07, 6.45) is 2.97. The fraction of sp³-hybridized carbons (Fsp3) is 0.222. The van der Waals surface area contributed by atoms with Crippen molar-refractivity contribution in [2.45, 2.75) is 12.3 Å². The van der Waals surface area contributed by atoms with Gasteiger partial charge in [-0.05, 0) is 66.9 Å². The Morgan fingerprint density at radius 2 is 1.77 bits per heavy atom. The number of H-pyrrole nitrogens is 1. The fourth-order valence-electron chi connectivity index (χ4n) is 2.83. The number of nitrogens with one attached hydrogen (secondary N) is 2. The van der Waals surface area contributed by atoms with Crippen LogP contribution in [0, 0.1) is 0 Å². The predicted octanol–water partition coefficient (Wildman–Crippen LogP) is 5.22. The van der Waals surface area contributed by atoms with E-state index in [0.717, 1.165) is 18.5 Å². The topological polar surface area (TPSA) is 27.8 Å². The smallest absolute Gasteiger partial charge is 0.0595 e. The fourth-order valence-corrected chi connectivity index (χ4v) is 3.14. The number of rotatable bonds is 5. The maximum Gasteiger partial charge on any atom is 0.0595 e. The monoisotopic (exact) mass is 332 g/mol. The van der Waals surface area contributed by atoms with Gasteiger partial charge in [-0.1, -0.05) is 35.3 Å². The van der Waals surface area contributed by atoms with Crippen LogP contribution < -0.4 is 5.32 Å². The first-order valence-corrected chi connectivity index (χ1v) is 8.11. The Balaban J connectivity index is 2.02. The molecule has 2 nitrogen and oxygen atoms in total. The highest BCUT2D eigenvalue weighted by molar-refractivity contribution is 6.42. The molecule has 0 aliphatic rings. The van der Waals surface area contributed by atoms with Crippen molar-refractivity contribution < 1.29 is 0 Å². The zero-order valence-electron chi connectivity index (χ0n) is 12.4. The average molecular weight is 333 g/mol. The van der Waals surface area contributed by atoms with E-state index in [1.807, 2.05) is 25.4 Å². The van der Waals surface area contributed by atoms with Gasteiger partial charge in [-0.15, -0.1) is 0 Å². The van der Waals surface area contributed by atoms with Crippen LogP contribution in [0.5, 0.6) is 0 Å². The van der Waals surface area contributed by atoms with Gasteiger partial charge in [-0.25, -0.2) is 0 Å². The first-order valence-electron chi connectivity index (χ1n) is 7.35. The minimum atomic E-state index is 0.293. The van der Waals surface area contributed by atoms with Gasteiger partial charge in [0.2, 0.25) is 0 Å². The molecule has 0 spiro atoms. The lowest BCUT2D eigenvalue weighted by molar-refractivity contribution is 0.662. The molecule has 0 amide bonds. The lowest BCUT2D eigenvalue weighted by Crippen LogP contribution is -2.13. The van der Waals surface area contributed by atoms with E-state index in [4.69, 9.17) is 23.2 Å². The zero-order valence-corrected chi connectivity index (χ0v) is 13.9. The summed E-state index contributed by atoms with van der Waals surface area (Å²) < 4.78 is 0. The summed E-state index contributed by atoms with van der Waals surface area (Å²) in [5.74, 6) is 0.293. The lowest BCUT2D eigenvalue weighted by Gasteiger charge is -2.19. The van der Waals surface area contributed by atoms with E-state index in [0.29, 0.717) is 16.0 Å². The quantitative estimate of drug-likeness (QED) is 0.658. The van der Waals surface area contributed by atoms with Crippen LogP contribution >= 0.6 is 23.2 Å². The third kappa shape index (κ3) is 3.14. The molecule has 1 unspecified atom stereocenters. The standard InChI is InChI=1S/C18H18Cl2N2/c1-21-8-7-15(13-2-4-16(19)17(20)11-13)12-3-5-18-14(10-12)6-9-22-18/h2-6,9-11,15,21-22H,7-8H2,1H3. The van der Waals surface area contributed by atoms with Crippen molar-refractivity contribution >= 4 is 34.1 Å². The molecule has 0 saturated heterocycles. The normalized spacial score (nSPS) is 12.7. The number of fused-ring (bicyclic) bond motifs is 1. The van der Waals surface area contributed by atoms with Crippen LogP contribution in [0.25, 0.3) is 10.9 Å². The Bertz CT molecular complexity index is 780. The summed E-state index contributed by atoms with van der Waals surface area (Å²) in [5.41, 5.74) is 3.64. The summed E-state index contributed by atoms with van der Waals surface area (Å²) >= 11 is 12.3. The van der Waals surface area contributed by atoms with E-state index in [2.05, 4.69) is 40.6 Å². The minimum Gasteiger partial charge on any atom is -0.361 e. The van der Waals surface area contributed by atoms with Crippen molar-refractivity contribution in [3.8, 4) is 0 Å². The van der Waals surface area contributed by atoms with E-state index in [1.54, 1.807) is 0 Å². The lowest BCUT2D eigenvalue weighted by atomic mass is 9.88. The number of halogens is 2. The first-order chi connectivity index (χ1) is 10.7. The highest BCUT2D eigenvalue weighted by atomic mass is 35.5. The number of hydrogen-bond acceptors (Lipinski definition) is 1. The van der Waals surface area contributed by atoms with Gasteiger partial charge >= 0.3 is 0 Å². The van der Waals surface area contributed by atoms with Gasteiger partial charge in [0.15, 0.2) is 0 Å². The second-order valence-electron chi connectivity index (χ2n) is 5.44. The predicted molar refractivity (Wildman–Crippen MR) is 95.1 cm³/mol. The zero-order chi connectivity index (χ0) is 15.5. The highest BCUT2D eigenvalue weighted by Gasteiger charge is 2.15. The maximum atomic E-state index is 6.20. The summed E-state index contributed by atoms with van der Waals surface area (Å²) in [4.78, 5) is 3.23. The van der Waals surface area contributed by atoms with Crippen molar-refractivity contribution in [2.24, 2.45) is 0 Å². The molecular formula is C18H18Cl2N2. The molecule has 0 saturated carbocycles. The van der Waals surface area contributed by atoms with E-state index in [1.165, 1.54) is 16.5 Å². The molecule has 1 atom stereocenters. The van der Waals surface area contributed by atoms with Gasteiger partial charge in [-0.3, -0.25) is 0 Å². The van der Waals surface area contributed by atoms with Crippen molar-refractivity contribution in [3.05, 3.63) is 69.8 Å². The molecule has 2 N–H and O–H groups in total. The minimum absolute atomic E-state index is 0.293. The molecule has 1 aromatic heterocycles. The van der Waals surface area contributed by atoms with Crippen molar-refractivity contribution in [3.63, 3.8) is 0 Å². The van der Waals surface area contributed by atoms with Crippen LogP contribution in [0.2, 0.25) is 10.0 Å². The van der Waals surface area contributed by atoms with Gasteiger partial charge in [0.05, 0.1) is 10.0 Å². The highest BCUT2D eigenvalue weighted by Crippen LogP contribution is 2.33. The second-order valence-corrected chi connectivity index (χ2v) is 6.26. The molecule has 4 heteroatoms. The van der Waals surface area contributed by atoms with Crippen molar-refractivity contribution in [1.82, 2.24) is 10.3 Å². The van der Waals surface area contributed by atoms with E-state index in [-0.39, 0.29) is 0 Å². The number of benzene rings is 2. The SMILES string of the molecule is CNCCC(c1ccc(Cl)c(Cl)c1)c1ccc2[nH]ccc2c1. The Morgan fingerprint density at radius 3 is 2.55 bits per heavy atom. The summed E-state index contributed by atoms with van der Waals surface area (Å²) in [7, 11) is 1.97. The van der Waals surface area contributed by atoms with Crippen molar-refractivity contribution in [1.29, 1.82) is 0 Å². The Hall–Kier alpha value is -1.48. The number of aromatic nitrogens is 1. The number of hydrogen-bond donors (Lipinski definition) is 2. The van der Waals surface area contributed by atoms with E-state index >= 15 is 0 Å². The van der Waals surface area contributed by atoms with E-state index < -0.39 is 0 Å². The number of aromatic amines is 1. The van der Waals surface area contributed by atoms with Crippen molar-refractivity contribution in [2.75, 3.05) is 13.6 Å². The van der Waals surface area contributed by atoms with Gasteiger partial charge < -0.3 is 10.3 Å². The molecule has 0 aliphatic heterocycles. The molecule has 0 radical (unpaired) electrons.